The number of benzene rings is 1. The summed E-state index contributed by atoms with van der Waals surface area (Å²) in [7, 11) is -22.6. The summed E-state index contributed by atoms with van der Waals surface area (Å²) in [6.07, 6.45) is 1.14. The molecule has 0 fully saturated rings. The molecule has 0 aliphatic carbocycles. The van der Waals surface area contributed by atoms with Crippen LogP contribution in [-0.4, -0.2) is 47.2 Å². The van der Waals surface area contributed by atoms with Crippen LogP contribution in [0.3, 0.4) is 0 Å². The van der Waals surface area contributed by atoms with Crippen LogP contribution in [-0.2, 0) is 30.2 Å². The van der Waals surface area contributed by atoms with Gasteiger partial charge in [0.2, 0.25) is 0 Å². The van der Waals surface area contributed by atoms with Gasteiger partial charge in [0.05, 0.1) is 0 Å². The Bertz CT molecular complexity index is 1200. The van der Waals surface area contributed by atoms with Gasteiger partial charge in [-0.25, -0.2) is 16.8 Å². The van der Waals surface area contributed by atoms with E-state index in [4.69, 9.17) is 0 Å². The first-order chi connectivity index (χ1) is 14.0. The standard InChI is InChI=1S/C12H7F9NO7S3.K/c1-2-7-3-5-8(6-4-7)29-32(27,28)11(17,18)9(13,14)10(15,16)30(23,24)22-31(25,26)12(19,20)21;/h2-6H,1H2;/q-1;+1. The van der Waals surface area contributed by atoms with Crippen molar-refractivity contribution >= 4 is 36.2 Å². The normalized spacial score (nSPS) is 14.3. The van der Waals surface area contributed by atoms with E-state index in [-0.39, 0.29) is 56.9 Å². The van der Waals surface area contributed by atoms with Crippen molar-refractivity contribution in [3.8, 4) is 5.75 Å². The predicted octanol–water partition coefficient (Wildman–Crippen LogP) is 0.416. The van der Waals surface area contributed by atoms with Gasteiger partial charge in [0, 0.05) is 0 Å². The minimum Gasteiger partial charge on any atom is -0.423 e. The van der Waals surface area contributed by atoms with Gasteiger partial charge in [0.15, 0.2) is 20.0 Å². The minimum absolute atomic E-state index is 0. The van der Waals surface area contributed by atoms with Crippen molar-refractivity contribution in [1.82, 2.24) is 0 Å². The topological polar surface area (TPSA) is 126 Å². The number of nitrogens with zero attached hydrogens (tertiary/aromatic N) is 1. The third-order valence-electron chi connectivity index (χ3n) is 3.18. The SMILES string of the molecule is C=Cc1ccc(OS(=O)(=O)C(F)(F)C(F)(F)C(F)(F)S(=O)(=O)[N-]S(=O)(=O)C(F)(F)F)cc1.[K+]. The van der Waals surface area contributed by atoms with Crippen LogP contribution in [0.5, 0.6) is 5.75 Å². The fourth-order valence-corrected chi connectivity index (χ4v) is 4.72. The van der Waals surface area contributed by atoms with Crippen LogP contribution in [0.2, 0.25) is 0 Å². The Morgan fingerprint density at radius 1 is 0.758 bits per heavy atom. The van der Waals surface area contributed by atoms with Crippen LogP contribution in [0.15, 0.2) is 30.8 Å². The molecule has 0 atom stereocenters. The molecule has 0 aliphatic heterocycles. The second kappa shape index (κ2) is 9.91. The molecule has 0 spiro atoms. The van der Waals surface area contributed by atoms with Crippen molar-refractivity contribution in [1.29, 1.82) is 0 Å². The molecule has 0 amide bonds. The molecule has 33 heavy (non-hydrogen) atoms. The summed E-state index contributed by atoms with van der Waals surface area (Å²) in [5.41, 5.74) is -6.49. The molecule has 0 aliphatic rings. The van der Waals surface area contributed by atoms with E-state index in [1.165, 1.54) is 0 Å². The van der Waals surface area contributed by atoms with Gasteiger partial charge in [-0.2, -0.15) is 47.9 Å². The maximum absolute atomic E-state index is 13.9. The van der Waals surface area contributed by atoms with Crippen LogP contribution < -0.4 is 55.6 Å². The summed E-state index contributed by atoms with van der Waals surface area (Å²) in [5, 5.41) is -14.6. The van der Waals surface area contributed by atoms with Crippen LogP contribution in [0, 0.1) is 0 Å². The van der Waals surface area contributed by atoms with Crippen molar-refractivity contribution in [2.45, 2.75) is 21.9 Å². The Hall–Kier alpha value is -0.424. The molecule has 0 N–H and O–H groups in total. The summed E-state index contributed by atoms with van der Waals surface area (Å²) >= 11 is 0. The Kier molecular flexibility index (Phi) is 9.78. The molecular weight excluding hydrogens is 576 g/mol. The van der Waals surface area contributed by atoms with E-state index < -0.39 is 57.9 Å². The average molecular weight is 583 g/mol. The van der Waals surface area contributed by atoms with Gasteiger partial charge >= 0.3 is 83.4 Å². The fraction of sp³-hybridized carbons (Fsp3) is 0.333. The van der Waals surface area contributed by atoms with Crippen molar-refractivity contribution < 1.29 is 120 Å². The maximum atomic E-state index is 13.9. The van der Waals surface area contributed by atoms with Crippen LogP contribution in [0.4, 0.5) is 39.5 Å². The summed E-state index contributed by atoms with van der Waals surface area (Å²) in [6.45, 7) is 3.26. The van der Waals surface area contributed by atoms with Crippen LogP contribution in [0.25, 0.3) is 10.2 Å². The molecule has 0 bridgehead atoms. The van der Waals surface area contributed by atoms with Crippen LogP contribution >= 0.6 is 0 Å². The minimum atomic E-state index is -7.96. The molecular formula is C12H7F9KNO7S3. The molecule has 1 aromatic carbocycles. The zero-order chi connectivity index (χ0) is 25.6. The molecule has 0 saturated heterocycles. The molecule has 0 radical (unpaired) electrons. The second-order valence-electron chi connectivity index (χ2n) is 5.39. The molecule has 0 heterocycles. The Balaban J connectivity index is 0.0000102. The van der Waals surface area contributed by atoms with E-state index in [0.29, 0.717) is 16.3 Å². The molecule has 8 nitrogen and oxygen atoms in total. The first kappa shape index (κ1) is 32.6. The van der Waals surface area contributed by atoms with E-state index in [1.807, 2.05) is 0 Å². The van der Waals surface area contributed by atoms with E-state index in [0.717, 1.165) is 18.2 Å². The van der Waals surface area contributed by atoms with Crippen molar-refractivity contribution in [3.63, 3.8) is 0 Å². The first-order valence-corrected chi connectivity index (χ1v) is 11.4. The van der Waals surface area contributed by atoms with Gasteiger partial charge in [-0.3, -0.25) is 0 Å². The van der Waals surface area contributed by atoms with Gasteiger partial charge in [0.25, 0.3) is 0 Å². The number of hydrogen-bond donors (Lipinski definition) is 0. The van der Waals surface area contributed by atoms with E-state index in [9.17, 15) is 64.8 Å². The van der Waals surface area contributed by atoms with Gasteiger partial charge < -0.3 is 8.31 Å². The van der Waals surface area contributed by atoms with Crippen molar-refractivity contribution in [3.05, 3.63) is 40.5 Å². The average Bonchev–Trinajstić information content (AvgIpc) is 2.59. The molecule has 0 unspecified atom stereocenters. The van der Waals surface area contributed by atoms with Crippen molar-refractivity contribution in [2.24, 2.45) is 0 Å². The summed E-state index contributed by atoms with van der Waals surface area (Å²) in [5.74, 6) is -8.73. The largest absolute Gasteiger partial charge is 1.00 e. The third kappa shape index (κ3) is 6.05. The molecule has 184 valence electrons. The van der Waals surface area contributed by atoms with Gasteiger partial charge in [0.1, 0.15) is 5.75 Å². The Morgan fingerprint density at radius 3 is 1.55 bits per heavy atom. The number of sulfonamides is 2. The van der Waals surface area contributed by atoms with E-state index in [2.05, 4.69) is 10.8 Å². The van der Waals surface area contributed by atoms with Crippen LogP contribution in [0.1, 0.15) is 5.56 Å². The second-order valence-corrected chi connectivity index (χ2v) is 10.4. The molecule has 1 rings (SSSR count). The number of halogens is 9. The van der Waals surface area contributed by atoms with Gasteiger partial charge in [-0.1, -0.05) is 24.8 Å². The summed E-state index contributed by atoms with van der Waals surface area (Å²) < 4.78 is 190. The number of rotatable bonds is 9. The molecule has 1 aromatic rings. The zero-order valence-electron chi connectivity index (χ0n) is 15.5. The Morgan fingerprint density at radius 2 is 1.18 bits per heavy atom. The van der Waals surface area contributed by atoms with E-state index in [1.54, 1.807) is 0 Å². The zero-order valence-corrected chi connectivity index (χ0v) is 21.1. The maximum Gasteiger partial charge on any atom is 1.00 e. The fourth-order valence-electron chi connectivity index (χ4n) is 1.55. The Labute approximate surface area is 222 Å². The number of hydrogen-bond acceptors (Lipinski definition) is 7. The third-order valence-corrected chi connectivity index (χ3v) is 7.53. The smallest absolute Gasteiger partial charge is 0.423 e. The summed E-state index contributed by atoms with van der Waals surface area (Å²) in [4.78, 5) is 0. The monoisotopic (exact) mass is 583 g/mol. The van der Waals surface area contributed by atoms with Gasteiger partial charge in [-0.05, 0) is 17.7 Å². The number of alkyl halides is 9. The predicted molar refractivity (Wildman–Crippen MR) is 88.2 cm³/mol. The van der Waals surface area contributed by atoms with Gasteiger partial charge in [-0.15, -0.1) is 0 Å². The quantitative estimate of drug-likeness (QED) is 0.234. The summed E-state index contributed by atoms with van der Waals surface area (Å²) in [6, 6.07) is 3.02. The first-order valence-electron chi connectivity index (χ1n) is 7.07. The molecule has 21 heteroatoms. The molecule has 0 saturated carbocycles. The van der Waals surface area contributed by atoms with Crippen molar-refractivity contribution in [2.75, 3.05) is 0 Å². The molecule has 0 aromatic heterocycles. The van der Waals surface area contributed by atoms with E-state index >= 15 is 0 Å².